The van der Waals surface area contributed by atoms with Crippen molar-refractivity contribution in [1.82, 2.24) is 0 Å². The van der Waals surface area contributed by atoms with Gasteiger partial charge in [-0.05, 0) is 30.3 Å². The molecule has 0 atom stereocenters. The maximum absolute atomic E-state index is 12.7. The number of halogens is 3. The molecule has 0 unspecified atom stereocenters. The molecule has 0 aliphatic rings. The molecule has 0 fully saturated rings. The number of rotatable bonds is 3. The summed E-state index contributed by atoms with van der Waals surface area (Å²) in [6.45, 7) is 0. The Bertz CT molecular complexity index is 624. The van der Waals surface area contributed by atoms with Crippen LogP contribution in [0, 0.1) is 0 Å². The van der Waals surface area contributed by atoms with E-state index in [9.17, 15) is 18.0 Å². The van der Waals surface area contributed by atoms with Crippen molar-refractivity contribution in [3.8, 4) is 0 Å². The zero-order valence-corrected chi connectivity index (χ0v) is 10.8. The minimum Gasteiger partial charge on any atom is -0.478 e. The molecule has 6 heteroatoms. The third kappa shape index (κ3) is 3.33. The molecular formula is C14H9F3O2S. The molecule has 104 valence electrons. The zero-order chi connectivity index (χ0) is 14.8. The van der Waals surface area contributed by atoms with Crippen LogP contribution in [0.5, 0.6) is 0 Å². The Hall–Kier alpha value is -1.95. The fourth-order valence-corrected chi connectivity index (χ4v) is 2.57. The summed E-state index contributed by atoms with van der Waals surface area (Å²) in [5.41, 5.74) is -1.01. The first-order valence-electron chi connectivity index (χ1n) is 5.55. The van der Waals surface area contributed by atoms with Gasteiger partial charge in [0.25, 0.3) is 0 Å². The molecule has 20 heavy (non-hydrogen) atoms. The van der Waals surface area contributed by atoms with Crippen molar-refractivity contribution in [2.24, 2.45) is 0 Å². The van der Waals surface area contributed by atoms with Gasteiger partial charge in [0.1, 0.15) is 0 Å². The fourth-order valence-electron chi connectivity index (χ4n) is 1.58. The van der Waals surface area contributed by atoms with Crippen molar-refractivity contribution in [2.45, 2.75) is 16.0 Å². The van der Waals surface area contributed by atoms with Gasteiger partial charge in [0.2, 0.25) is 0 Å². The highest BCUT2D eigenvalue weighted by Gasteiger charge is 2.31. The van der Waals surface area contributed by atoms with Gasteiger partial charge < -0.3 is 5.11 Å². The molecule has 2 aromatic carbocycles. The van der Waals surface area contributed by atoms with Gasteiger partial charge >= 0.3 is 12.1 Å². The topological polar surface area (TPSA) is 37.3 Å². The minimum absolute atomic E-state index is 0.0681. The molecule has 0 amide bonds. The van der Waals surface area contributed by atoms with E-state index in [4.69, 9.17) is 5.11 Å². The second-order valence-electron chi connectivity index (χ2n) is 3.93. The average molecular weight is 298 g/mol. The highest BCUT2D eigenvalue weighted by atomic mass is 32.2. The molecule has 2 nitrogen and oxygen atoms in total. The van der Waals surface area contributed by atoms with Crippen molar-refractivity contribution >= 4 is 17.7 Å². The summed E-state index contributed by atoms with van der Waals surface area (Å²) in [6.07, 6.45) is -4.50. The Morgan fingerprint density at radius 3 is 2.25 bits per heavy atom. The molecule has 0 saturated carbocycles. The van der Waals surface area contributed by atoms with Gasteiger partial charge in [-0.1, -0.05) is 30.0 Å². The smallest absolute Gasteiger partial charge is 0.416 e. The van der Waals surface area contributed by atoms with Crippen LogP contribution in [-0.4, -0.2) is 11.1 Å². The van der Waals surface area contributed by atoms with Crippen molar-refractivity contribution in [3.63, 3.8) is 0 Å². The standard InChI is InChI=1S/C14H9F3O2S/c15-14(16,17)9-6-7-11(13(18)19)12(8-9)20-10-4-2-1-3-5-10/h1-8H,(H,18,19). The van der Waals surface area contributed by atoms with Gasteiger partial charge in [-0.25, -0.2) is 4.79 Å². The number of hydrogen-bond donors (Lipinski definition) is 1. The Kier molecular flexibility index (Phi) is 4.04. The monoisotopic (exact) mass is 298 g/mol. The molecule has 0 heterocycles. The van der Waals surface area contributed by atoms with Crippen LogP contribution in [0.4, 0.5) is 13.2 Å². The van der Waals surface area contributed by atoms with Crippen LogP contribution in [0.15, 0.2) is 58.3 Å². The van der Waals surface area contributed by atoms with Crippen molar-refractivity contribution in [2.75, 3.05) is 0 Å². The van der Waals surface area contributed by atoms with Crippen LogP contribution in [0.2, 0.25) is 0 Å². The third-order valence-electron chi connectivity index (χ3n) is 2.51. The van der Waals surface area contributed by atoms with E-state index in [1.165, 1.54) is 0 Å². The zero-order valence-electron chi connectivity index (χ0n) is 10.0. The maximum Gasteiger partial charge on any atom is 0.416 e. The van der Waals surface area contributed by atoms with E-state index in [1.807, 2.05) is 0 Å². The average Bonchev–Trinajstić information content (AvgIpc) is 2.38. The van der Waals surface area contributed by atoms with Crippen LogP contribution in [-0.2, 0) is 6.18 Å². The summed E-state index contributed by atoms with van der Waals surface area (Å²) in [5, 5.41) is 9.04. The Labute approximate surface area is 117 Å². The van der Waals surface area contributed by atoms with E-state index < -0.39 is 17.7 Å². The van der Waals surface area contributed by atoms with Gasteiger partial charge in [-0.3, -0.25) is 0 Å². The Morgan fingerprint density at radius 2 is 1.70 bits per heavy atom. The van der Waals surface area contributed by atoms with E-state index in [2.05, 4.69) is 0 Å². The normalized spacial score (nSPS) is 11.3. The summed E-state index contributed by atoms with van der Waals surface area (Å²) < 4.78 is 38.0. The molecule has 2 aromatic rings. The van der Waals surface area contributed by atoms with Gasteiger partial charge in [0.15, 0.2) is 0 Å². The number of aromatic carboxylic acids is 1. The predicted molar refractivity (Wildman–Crippen MR) is 69.0 cm³/mol. The second-order valence-corrected chi connectivity index (χ2v) is 5.04. The summed E-state index contributed by atoms with van der Waals surface area (Å²) >= 11 is 0.992. The predicted octanol–water partition coefficient (Wildman–Crippen LogP) is 4.55. The minimum atomic E-state index is -4.50. The number of carbonyl (C=O) groups is 1. The summed E-state index contributed by atoms with van der Waals surface area (Å²) in [7, 11) is 0. The molecule has 0 aliphatic carbocycles. The lowest BCUT2D eigenvalue weighted by atomic mass is 10.1. The van der Waals surface area contributed by atoms with Crippen LogP contribution in [0.1, 0.15) is 15.9 Å². The molecule has 0 spiro atoms. The van der Waals surface area contributed by atoms with Gasteiger partial charge in [-0.15, -0.1) is 0 Å². The van der Waals surface area contributed by atoms with Crippen LogP contribution in [0.25, 0.3) is 0 Å². The highest BCUT2D eigenvalue weighted by molar-refractivity contribution is 7.99. The first-order valence-corrected chi connectivity index (χ1v) is 6.37. The molecule has 0 aromatic heterocycles. The van der Waals surface area contributed by atoms with Gasteiger partial charge in [-0.2, -0.15) is 13.2 Å². The van der Waals surface area contributed by atoms with Crippen molar-refractivity contribution < 1.29 is 23.1 Å². The summed E-state index contributed by atoms with van der Waals surface area (Å²) in [4.78, 5) is 11.8. The maximum atomic E-state index is 12.7. The molecule has 0 radical (unpaired) electrons. The summed E-state index contributed by atoms with van der Waals surface area (Å²) in [6, 6.07) is 11.3. The third-order valence-corrected chi connectivity index (χ3v) is 3.58. The number of carboxylic acid groups (broad SMARTS) is 1. The fraction of sp³-hybridized carbons (Fsp3) is 0.0714. The van der Waals surface area contributed by atoms with Crippen molar-refractivity contribution in [3.05, 3.63) is 59.7 Å². The molecule has 1 N–H and O–H groups in total. The first-order chi connectivity index (χ1) is 9.38. The van der Waals surface area contributed by atoms with E-state index in [0.717, 1.165) is 30.0 Å². The number of benzene rings is 2. The molecule has 0 bridgehead atoms. The largest absolute Gasteiger partial charge is 0.478 e. The lowest BCUT2D eigenvalue weighted by Gasteiger charge is -2.11. The second kappa shape index (κ2) is 5.58. The van der Waals surface area contributed by atoms with Crippen LogP contribution in [0.3, 0.4) is 0 Å². The quantitative estimate of drug-likeness (QED) is 0.903. The Balaban J connectivity index is 2.45. The lowest BCUT2D eigenvalue weighted by Crippen LogP contribution is -2.07. The first kappa shape index (κ1) is 14.5. The number of carboxylic acids is 1. The van der Waals surface area contributed by atoms with Crippen LogP contribution < -0.4 is 0 Å². The van der Waals surface area contributed by atoms with Crippen molar-refractivity contribution in [1.29, 1.82) is 0 Å². The van der Waals surface area contributed by atoms with E-state index in [-0.39, 0.29) is 10.5 Å². The van der Waals surface area contributed by atoms with E-state index in [1.54, 1.807) is 30.3 Å². The van der Waals surface area contributed by atoms with E-state index in [0.29, 0.717) is 4.90 Å². The Morgan fingerprint density at radius 1 is 1.05 bits per heavy atom. The highest BCUT2D eigenvalue weighted by Crippen LogP contribution is 2.36. The molecule has 0 saturated heterocycles. The van der Waals surface area contributed by atoms with Gasteiger partial charge in [0, 0.05) is 9.79 Å². The summed E-state index contributed by atoms with van der Waals surface area (Å²) in [5.74, 6) is -1.25. The number of alkyl halides is 3. The molecule has 2 rings (SSSR count). The van der Waals surface area contributed by atoms with Crippen LogP contribution >= 0.6 is 11.8 Å². The molecule has 0 aliphatic heterocycles. The SMILES string of the molecule is O=C(O)c1ccc(C(F)(F)F)cc1Sc1ccccc1. The van der Waals surface area contributed by atoms with E-state index >= 15 is 0 Å². The lowest BCUT2D eigenvalue weighted by molar-refractivity contribution is -0.137. The molecular weight excluding hydrogens is 289 g/mol. The van der Waals surface area contributed by atoms with Gasteiger partial charge in [0.05, 0.1) is 11.1 Å². The number of hydrogen-bond acceptors (Lipinski definition) is 2.